The highest BCUT2D eigenvalue weighted by Crippen LogP contribution is 2.28. The topological polar surface area (TPSA) is 111 Å². The predicted molar refractivity (Wildman–Crippen MR) is 93.1 cm³/mol. The van der Waals surface area contributed by atoms with E-state index in [1.54, 1.807) is 17.4 Å². The minimum atomic E-state index is -0.688. The predicted octanol–water partition coefficient (Wildman–Crippen LogP) is 2.79. The van der Waals surface area contributed by atoms with Crippen LogP contribution < -0.4 is 11.1 Å². The largest absolute Gasteiger partial charge is 0.366 e. The summed E-state index contributed by atoms with van der Waals surface area (Å²) >= 11 is 1.60. The fraction of sp³-hybridized carbons (Fsp3) is 0.375. The summed E-state index contributed by atoms with van der Waals surface area (Å²) in [6.07, 6.45) is 0. The number of carbonyl (C=O) groups is 1. The van der Waals surface area contributed by atoms with Gasteiger partial charge in [0, 0.05) is 28.6 Å². The normalized spacial score (nSPS) is 11.5. The van der Waals surface area contributed by atoms with Crippen LogP contribution in [0.2, 0.25) is 0 Å². The Morgan fingerprint density at radius 3 is 2.58 bits per heavy atom. The number of nitrogens with two attached hydrogens (primary N) is 1. The molecule has 1 heterocycles. The fourth-order valence-corrected chi connectivity index (χ4v) is 3.16. The van der Waals surface area contributed by atoms with E-state index in [9.17, 15) is 14.9 Å². The van der Waals surface area contributed by atoms with Crippen molar-refractivity contribution in [1.82, 2.24) is 10.3 Å². The van der Waals surface area contributed by atoms with Crippen LogP contribution in [0, 0.1) is 24.0 Å². The third-order valence-electron chi connectivity index (χ3n) is 3.85. The minimum Gasteiger partial charge on any atom is -0.366 e. The number of nitro benzene ring substituents is 1. The number of aryl methyl sites for hydroxylation is 2. The Hall–Kier alpha value is -2.32. The maximum absolute atomic E-state index is 11.3. The third kappa shape index (κ3) is 3.77. The van der Waals surface area contributed by atoms with Crippen LogP contribution in [0.25, 0.3) is 0 Å². The van der Waals surface area contributed by atoms with Crippen molar-refractivity contribution in [3.05, 3.63) is 55.0 Å². The summed E-state index contributed by atoms with van der Waals surface area (Å²) in [6, 6.07) is 4.26. The summed E-state index contributed by atoms with van der Waals surface area (Å²) in [4.78, 5) is 27.6. The van der Waals surface area contributed by atoms with Gasteiger partial charge in [-0.1, -0.05) is 6.07 Å². The van der Waals surface area contributed by atoms with Crippen LogP contribution in [0.4, 0.5) is 5.69 Å². The van der Waals surface area contributed by atoms with E-state index in [0.717, 1.165) is 15.6 Å². The lowest BCUT2D eigenvalue weighted by Gasteiger charge is -2.24. The van der Waals surface area contributed by atoms with Crippen molar-refractivity contribution in [2.75, 3.05) is 0 Å². The van der Waals surface area contributed by atoms with Gasteiger partial charge >= 0.3 is 0 Å². The zero-order valence-corrected chi connectivity index (χ0v) is 14.9. The molecule has 2 rings (SSSR count). The lowest BCUT2D eigenvalue weighted by molar-refractivity contribution is -0.385. The number of benzene rings is 1. The molecule has 8 heteroatoms. The second-order valence-corrected chi connectivity index (χ2v) is 7.31. The molecule has 128 valence electrons. The monoisotopic (exact) mass is 348 g/mol. The SMILES string of the molecule is Cc1nc(C(C)(C)NCc2ccc(C(N)=O)cc2[N+](=O)[O-])sc1C. The van der Waals surface area contributed by atoms with Crippen LogP contribution in [0.3, 0.4) is 0 Å². The molecule has 0 fully saturated rings. The molecule has 3 N–H and O–H groups in total. The van der Waals surface area contributed by atoms with Gasteiger partial charge in [0.15, 0.2) is 0 Å². The van der Waals surface area contributed by atoms with Crippen molar-refractivity contribution in [3.63, 3.8) is 0 Å². The van der Waals surface area contributed by atoms with Crippen molar-refractivity contribution in [3.8, 4) is 0 Å². The van der Waals surface area contributed by atoms with Crippen molar-refractivity contribution in [2.45, 2.75) is 39.8 Å². The molecule has 0 aliphatic heterocycles. The van der Waals surface area contributed by atoms with Gasteiger partial charge in [0.05, 0.1) is 16.2 Å². The molecular weight excluding hydrogens is 328 g/mol. The Morgan fingerprint density at radius 1 is 1.42 bits per heavy atom. The van der Waals surface area contributed by atoms with Crippen molar-refractivity contribution in [2.24, 2.45) is 5.73 Å². The van der Waals surface area contributed by atoms with Crippen LogP contribution in [-0.4, -0.2) is 15.8 Å². The molecule has 0 aliphatic rings. The van der Waals surface area contributed by atoms with Gasteiger partial charge in [-0.25, -0.2) is 4.98 Å². The molecule has 0 spiro atoms. The number of nitrogens with one attached hydrogen (secondary N) is 1. The highest BCUT2D eigenvalue weighted by atomic mass is 32.1. The molecule has 1 amide bonds. The molecule has 0 aliphatic carbocycles. The fourth-order valence-electron chi connectivity index (χ4n) is 2.17. The van der Waals surface area contributed by atoms with Gasteiger partial charge in [0.1, 0.15) is 5.01 Å². The molecule has 0 bridgehead atoms. The first-order valence-electron chi connectivity index (χ1n) is 7.38. The number of hydrogen-bond acceptors (Lipinski definition) is 6. The van der Waals surface area contributed by atoms with Crippen LogP contribution in [-0.2, 0) is 12.1 Å². The molecule has 1 aromatic heterocycles. The van der Waals surface area contributed by atoms with Gasteiger partial charge in [0.25, 0.3) is 5.69 Å². The maximum Gasteiger partial charge on any atom is 0.274 e. The standard InChI is InChI=1S/C16H20N4O3S/c1-9-10(2)24-15(19-9)16(3,4)18-8-12-6-5-11(14(17)21)7-13(12)20(22)23/h5-7,18H,8H2,1-4H3,(H2,17,21). The Balaban J connectivity index is 2.24. The van der Waals surface area contributed by atoms with Crippen LogP contribution >= 0.6 is 11.3 Å². The van der Waals surface area contributed by atoms with Gasteiger partial charge in [-0.3, -0.25) is 14.9 Å². The van der Waals surface area contributed by atoms with Gasteiger partial charge in [-0.05, 0) is 33.8 Å². The van der Waals surface area contributed by atoms with Crippen LogP contribution in [0.1, 0.15) is 45.3 Å². The second-order valence-electron chi connectivity index (χ2n) is 6.10. The molecule has 1 aromatic carbocycles. The van der Waals surface area contributed by atoms with Gasteiger partial charge in [0.2, 0.25) is 5.91 Å². The highest BCUT2D eigenvalue weighted by molar-refractivity contribution is 7.11. The Labute approximate surface area is 144 Å². The summed E-state index contributed by atoms with van der Waals surface area (Å²) in [7, 11) is 0. The molecule has 2 aromatic rings. The number of hydrogen-bond donors (Lipinski definition) is 2. The molecule has 0 unspecified atom stereocenters. The van der Waals surface area contributed by atoms with E-state index < -0.39 is 16.4 Å². The number of rotatable bonds is 6. The number of primary amides is 1. The molecule has 7 nitrogen and oxygen atoms in total. The summed E-state index contributed by atoms with van der Waals surface area (Å²) in [5.41, 5.74) is 6.23. The number of carbonyl (C=O) groups excluding carboxylic acids is 1. The Kier molecular flexibility index (Phi) is 5.00. The molecule has 0 radical (unpaired) electrons. The number of amides is 1. The van der Waals surface area contributed by atoms with E-state index >= 15 is 0 Å². The van der Waals surface area contributed by atoms with Gasteiger partial charge in [-0.2, -0.15) is 0 Å². The molecule has 24 heavy (non-hydrogen) atoms. The first-order chi connectivity index (χ1) is 11.1. The lowest BCUT2D eigenvalue weighted by atomic mass is 10.0. The first-order valence-corrected chi connectivity index (χ1v) is 8.20. The summed E-state index contributed by atoms with van der Waals surface area (Å²) < 4.78 is 0. The van der Waals surface area contributed by atoms with E-state index in [4.69, 9.17) is 5.73 Å². The van der Waals surface area contributed by atoms with Gasteiger partial charge in [-0.15, -0.1) is 11.3 Å². The van der Waals surface area contributed by atoms with E-state index in [1.165, 1.54) is 12.1 Å². The molecule has 0 saturated heterocycles. The quantitative estimate of drug-likeness (QED) is 0.616. The van der Waals surface area contributed by atoms with E-state index in [2.05, 4.69) is 10.3 Å². The number of nitro groups is 1. The zero-order valence-electron chi connectivity index (χ0n) is 14.0. The molecular formula is C16H20N4O3S. The smallest absolute Gasteiger partial charge is 0.274 e. The first kappa shape index (κ1) is 18.0. The van der Waals surface area contributed by atoms with E-state index in [-0.39, 0.29) is 17.8 Å². The average Bonchev–Trinajstić information content (AvgIpc) is 2.85. The molecule has 0 saturated carbocycles. The van der Waals surface area contributed by atoms with Crippen molar-refractivity contribution in [1.29, 1.82) is 0 Å². The Bertz CT molecular complexity index is 779. The summed E-state index contributed by atoms with van der Waals surface area (Å²) in [5.74, 6) is -0.688. The maximum atomic E-state index is 11.3. The van der Waals surface area contributed by atoms with Gasteiger partial charge < -0.3 is 11.1 Å². The van der Waals surface area contributed by atoms with Crippen molar-refractivity contribution < 1.29 is 9.72 Å². The summed E-state index contributed by atoms with van der Waals surface area (Å²) in [5, 5.41) is 15.5. The highest BCUT2D eigenvalue weighted by Gasteiger charge is 2.26. The molecule has 0 atom stereocenters. The number of aromatic nitrogens is 1. The van der Waals surface area contributed by atoms with Crippen LogP contribution in [0.5, 0.6) is 0 Å². The number of thiazole rings is 1. The van der Waals surface area contributed by atoms with Crippen molar-refractivity contribution >= 4 is 22.9 Å². The third-order valence-corrected chi connectivity index (χ3v) is 5.25. The zero-order chi connectivity index (χ0) is 18.1. The van der Waals surface area contributed by atoms with Crippen LogP contribution in [0.15, 0.2) is 18.2 Å². The average molecular weight is 348 g/mol. The second kappa shape index (κ2) is 6.66. The van der Waals surface area contributed by atoms with E-state index in [1.807, 2.05) is 27.7 Å². The number of nitrogens with zero attached hydrogens (tertiary/aromatic N) is 2. The minimum absolute atomic E-state index is 0.121. The Morgan fingerprint density at radius 2 is 2.08 bits per heavy atom. The summed E-state index contributed by atoms with van der Waals surface area (Å²) in [6.45, 7) is 8.21. The van der Waals surface area contributed by atoms with E-state index in [0.29, 0.717) is 5.56 Å². The lowest BCUT2D eigenvalue weighted by Crippen LogP contribution is -2.36.